The molecule has 0 spiro atoms. The van der Waals surface area contributed by atoms with E-state index in [9.17, 15) is 9.59 Å². The second-order valence-electron chi connectivity index (χ2n) is 5.79. The molecular formula is C16H19BrN4O3. The van der Waals surface area contributed by atoms with Crippen molar-refractivity contribution >= 4 is 27.7 Å². The summed E-state index contributed by atoms with van der Waals surface area (Å²) in [4.78, 5) is 28.4. The monoisotopic (exact) mass is 394 g/mol. The maximum atomic E-state index is 12.7. The van der Waals surface area contributed by atoms with E-state index in [0.29, 0.717) is 31.9 Å². The van der Waals surface area contributed by atoms with E-state index in [0.717, 1.165) is 10.2 Å². The first-order chi connectivity index (χ1) is 11.5. The fourth-order valence-corrected chi connectivity index (χ4v) is 3.12. The van der Waals surface area contributed by atoms with Gasteiger partial charge in [0.1, 0.15) is 6.04 Å². The number of nitrogens with zero attached hydrogens (tertiary/aromatic N) is 4. The number of hydrogen-bond acceptors (Lipinski definition) is 4. The molecule has 0 radical (unpaired) electrons. The molecule has 0 saturated carbocycles. The third-order valence-electron chi connectivity index (χ3n) is 4.32. The second kappa shape index (κ2) is 6.80. The van der Waals surface area contributed by atoms with Crippen LogP contribution in [-0.4, -0.2) is 57.6 Å². The molecule has 128 valence electrons. The van der Waals surface area contributed by atoms with Crippen LogP contribution in [0.2, 0.25) is 0 Å². The molecule has 0 aliphatic carbocycles. The summed E-state index contributed by atoms with van der Waals surface area (Å²) < 4.78 is 7.75. The second-order valence-corrected chi connectivity index (χ2v) is 6.65. The molecule has 0 unspecified atom stereocenters. The molecule has 0 aromatic carbocycles. The Bertz CT molecular complexity index is 733. The number of halogens is 1. The number of carbonyl (C=O) groups is 2. The third kappa shape index (κ3) is 3.10. The van der Waals surface area contributed by atoms with Gasteiger partial charge in [-0.3, -0.25) is 14.3 Å². The van der Waals surface area contributed by atoms with Gasteiger partial charge in [0.15, 0.2) is 5.76 Å². The van der Waals surface area contributed by atoms with E-state index in [1.807, 2.05) is 13.8 Å². The van der Waals surface area contributed by atoms with Crippen molar-refractivity contribution in [3.63, 3.8) is 0 Å². The van der Waals surface area contributed by atoms with Crippen LogP contribution in [0.3, 0.4) is 0 Å². The van der Waals surface area contributed by atoms with Crippen LogP contribution in [0, 0.1) is 6.92 Å². The molecule has 2 amide bonds. The Morgan fingerprint density at radius 2 is 1.92 bits per heavy atom. The number of rotatable bonds is 3. The molecule has 1 aliphatic heterocycles. The molecule has 3 rings (SSSR count). The average Bonchev–Trinajstić information content (AvgIpc) is 3.24. The number of carbonyl (C=O) groups excluding carboxylic acids is 2. The Hall–Kier alpha value is -2.09. The molecule has 0 N–H and O–H groups in total. The van der Waals surface area contributed by atoms with Crippen LogP contribution in [0.5, 0.6) is 0 Å². The predicted octanol–water partition coefficient (Wildman–Crippen LogP) is 2.09. The number of aromatic nitrogens is 2. The van der Waals surface area contributed by atoms with Gasteiger partial charge >= 0.3 is 0 Å². The van der Waals surface area contributed by atoms with Crippen LogP contribution < -0.4 is 0 Å². The highest BCUT2D eigenvalue weighted by Gasteiger charge is 2.29. The van der Waals surface area contributed by atoms with Crippen molar-refractivity contribution in [2.75, 3.05) is 26.2 Å². The van der Waals surface area contributed by atoms with Crippen molar-refractivity contribution in [1.82, 2.24) is 19.6 Å². The predicted molar refractivity (Wildman–Crippen MR) is 90.6 cm³/mol. The summed E-state index contributed by atoms with van der Waals surface area (Å²) in [7, 11) is 0. The maximum Gasteiger partial charge on any atom is 0.289 e. The first-order valence-electron chi connectivity index (χ1n) is 7.80. The summed E-state index contributed by atoms with van der Waals surface area (Å²) in [5, 5.41) is 4.25. The van der Waals surface area contributed by atoms with E-state index in [4.69, 9.17) is 4.42 Å². The van der Waals surface area contributed by atoms with Crippen molar-refractivity contribution in [1.29, 1.82) is 0 Å². The van der Waals surface area contributed by atoms with Crippen LogP contribution in [0.1, 0.15) is 29.2 Å². The Kier molecular flexibility index (Phi) is 4.75. The van der Waals surface area contributed by atoms with Crippen molar-refractivity contribution in [2.45, 2.75) is 19.9 Å². The van der Waals surface area contributed by atoms with Crippen molar-refractivity contribution in [3.05, 3.63) is 40.5 Å². The van der Waals surface area contributed by atoms with Gasteiger partial charge in [-0.05, 0) is 41.9 Å². The molecule has 2 aromatic heterocycles. The molecular weight excluding hydrogens is 376 g/mol. The molecule has 1 saturated heterocycles. The van der Waals surface area contributed by atoms with Crippen molar-refractivity contribution in [3.8, 4) is 0 Å². The summed E-state index contributed by atoms with van der Waals surface area (Å²) in [5.74, 6) is 0.214. The Morgan fingerprint density at radius 3 is 2.46 bits per heavy atom. The Labute approximate surface area is 148 Å². The number of piperazine rings is 1. The van der Waals surface area contributed by atoms with Gasteiger partial charge in [-0.1, -0.05) is 0 Å². The fraction of sp³-hybridized carbons (Fsp3) is 0.438. The average molecular weight is 395 g/mol. The summed E-state index contributed by atoms with van der Waals surface area (Å²) in [6, 6.07) is 2.98. The standard InChI is InChI=1S/C16H19BrN4O3/c1-11-13(17)10-18-21(11)12(2)15(22)19-5-7-20(8-6-19)16(23)14-4-3-9-24-14/h3-4,9-10,12H,5-8H2,1-2H3/t12-/m1/s1. The zero-order valence-electron chi connectivity index (χ0n) is 13.6. The van der Waals surface area contributed by atoms with Gasteiger partial charge in [-0.2, -0.15) is 5.10 Å². The zero-order chi connectivity index (χ0) is 17.3. The van der Waals surface area contributed by atoms with E-state index in [2.05, 4.69) is 21.0 Å². The van der Waals surface area contributed by atoms with Gasteiger partial charge < -0.3 is 14.2 Å². The van der Waals surface area contributed by atoms with E-state index in [1.165, 1.54) is 6.26 Å². The number of amides is 2. The number of hydrogen-bond donors (Lipinski definition) is 0. The smallest absolute Gasteiger partial charge is 0.289 e. The molecule has 8 heteroatoms. The van der Waals surface area contributed by atoms with E-state index < -0.39 is 0 Å². The molecule has 1 fully saturated rings. The van der Waals surface area contributed by atoms with Crippen LogP contribution in [0.15, 0.2) is 33.5 Å². The normalized spacial score (nSPS) is 16.3. The fourth-order valence-electron chi connectivity index (χ4n) is 2.85. The minimum absolute atomic E-state index is 0.0128. The van der Waals surface area contributed by atoms with Crippen LogP contribution >= 0.6 is 15.9 Å². The lowest BCUT2D eigenvalue weighted by atomic mass is 10.2. The summed E-state index contributed by atoms with van der Waals surface area (Å²) in [6.45, 7) is 5.78. The van der Waals surface area contributed by atoms with Crippen LogP contribution in [0.25, 0.3) is 0 Å². The van der Waals surface area contributed by atoms with Gasteiger partial charge in [0.25, 0.3) is 5.91 Å². The SMILES string of the molecule is Cc1c(Br)cnn1[C@H](C)C(=O)N1CCN(C(=O)c2ccco2)CC1. The summed E-state index contributed by atoms with van der Waals surface area (Å²) in [6.07, 6.45) is 3.18. The first kappa shape index (κ1) is 16.8. The number of furan rings is 1. The van der Waals surface area contributed by atoms with Crippen molar-refractivity contribution < 1.29 is 14.0 Å². The Balaban J connectivity index is 1.61. The van der Waals surface area contributed by atoms with Gasteiger partial charge in [-0.15, -0.1) is 0 Å². The highest BCUT2D eigenvalue weighted by molar-refractivity contribution is 9.10. The van der Waals surface area contributed by atoms with Crippen LogP contribution in [0.4, 0.5) is 0 Å². The van der Waals surface area contributed by atoms with Gasteiger partial charge in [0.2, 0.25) is 5.91 Å². The largest absolute Gasteiger partial charge is 0.459 e. The quantitative estimate of drug-likeness (QED) is 0.798. The van der Waals surface area contributed by atoms with E-state index in [1.54, 1.807) is 32.8 Å². The molecule has 0 bridgehead atoms. The molecule has 3 heterocycles. The lowest BCUT2D eigenvalue weighted by Crippen LogP contribution is -2.52. The first-order valence-corrected chi connectivity index (χ1v) is 8.59. The minimum Gasteiger partial charge on any atom is -0.459 e. The van der Waals surface area contributed by atoms with E-state index >= 15 is 0 Å². The highest BCUT2D eigenvalue weighted by Crippen LogP contribution is 2.20. The maximum absolute atomic E-state index is 12.7. The summed E-state index contributed by atoms with van der Waals surface area (Å²) >= 11 is 3.41. The van der Waals surface area contributed by atoms with Crippen molar-refractivity contribution in [2.24, 2.45) is 0 Å². The molecule has 2 aromatic rings. The topological polar surface area (TPSA) is 71.6 Å². The van der Waals surface area contributed by atoms with Gasteiger partial charge in [-0.25, -0.2) is 0 Å². The lowest BCUT2D eigenvalue weighted by molar-refractivity contribution is -0.136. The Morgan fingerprint density at radius 1 is 1.25 bits per heavy atom. The van der Waals surface area contributed by atoms with Crippen LogP contribution in [-0.2, 0) is 4.79 Å². The van der Waals surface area contributed by atoms with Gasteiger partial charge in [0.05, 0.1) is 22.6 Å². The molecule has 7 nitrogen and oxygen atoms in total. The molecule has 1 aliphatic rings. The lowest BCUT2D eigenvalue weighted by Gasteiger charge is -2.35. The zero-order valence-corrected chi connectivity index (χ0v) is 15.2. The molecule has 24 heavy (non-hydrogen) atoms. The highest BCUT2D eigenvalue weighted by atomic mass is 79.9. The third-order valence-corrected chi connectivity index (χ3v) is 5.10. The summed E-state index contributed by atoms with van der Waals surface area (Å²) in [5.41, 5.74) is 0.919. The van der Waals surface area contributed by atoms with E-state index in [-0.39, 0.29) is 17.9 Å². The molecule has 1 atom stereocenters. The minimum atomic E-state index is -0.372. The van der Waals surface area contributed by atoms with Gasteiger partial charge in [0, 0.05) is 26.2 Å².